The first kappa shape index (κ1) is 20.8. The molecule has 1 aliphatic heterocycles. The molecule has 5 aliphatic rings. The summed E-state index contributed by atoms with van der Waals surface area (Å²) in [5.41, 5.74) is 1.11. The van der Waals surface area contributed by atoms with E-state index in [4.69, 9.17) is 0 Å². The van der Waals surface area contributed by atoms with Crippen molar-refractivity contribution in [1.29, 1.82) is 0 Å². The molecule has 4 aliphatic carbocycles. The van der Waals surface area contributed by atoms with Crippen molar-refractivity contribution in [3.05, 3.63) is 0 Å². The summed E-state index contributed by atoms with van der Waals surface area (Å²) in [6.45, 7) is 11.6. The van der Waals surface area contributed by atoms with E-state index in [-0.39, 0.29) is 6.10 Å². The van der Waals surface area contributed by atoms with Crippen molar-refractivity contribution in [3.8, 4) is 0 Å². The van der Waals surface area contributed by atoms with Crippen molar-refractivity contribution >= 4 is 0 Å². The van der Waals surface area contributed by atoms with Gasteiger partial charge in [0.1, 0.15) is 0 Å². The number of hydrogen-bond acceptors (Lipinski definition) is 2. The van der Waals surface area contributed by atoms with Crippen LogP contribution in [-0.4, -0.2) is 23.8 Å². The summed E-state index contributed by atoms with van der Waals surface area (Å²) >= 11 is 0. The number of piperidine rings is 1. The van der Waals surface area contributed by atoms with Crippen molar-refractivity contribution in [3.63, 3.8) is 0 Å². The van der Waals surface area contributed by atoms with Gasteiger partial charge in [-0.25, -0.2) is 0 Å². The number of aliphatic hydroxyl groups is 1. The lowest BCUT2D eigenvalue weighted by Gasteiger charge is -2.61. The fourth-order valence-electron chi connectivity index (χ4n) is 9.89. The van der Waals surface area contributed by atoms with E-state index in [0.29, 0.717) is 10.8 Å². The van der Waals surface area contributed by atoms with Crippen molar-refractivity contribution in [2.75, 3.05) is 6.54 Å². The van der Waals surface area contributed by atoms with Crippen LogP contribution in [0.2, 0.25) is 0 Å². The molecule has 0 aromatic carbocycles. The summed E-state index contributed by atoms with van der Waals surface area (Å²) in [5.74, 6) is 6.31. The van der Waals surface area contributed by atoms with Crippen LogP contribution in [0.25, 0.3) is 0 Å². The van der Waals surface area contributed by atoms with E-state index >= 15 is 0 Å². The minimum absolute atomic E-state index is 0.0131. The predicted octanol–water partition coefficient (Wildman–Crippen LogP) is 6.03. The van der Waals surface area contributed by atoms with Gasteiger partial charge in [0, 0.05) is 6.04 Å². The van der Waals surface area contributed by atoms with Gasteiger partial charge < -0.3 is 10.4 Å². The van der Waals surface area contributed by atoms with Gasteiger partial charge in [0.05, 0.1) is 6.10 Å². The highest BCUT2D eigenvalue weighted by molar-refractivity contribution is 5.10. The fraction of sp³-hybridized carbons (Fsp3) is 1.00. The van der Waals surface area contributed by atoms with Crippen LogP contribution in [0.1, 0.15) is 98.3 Å². The molecular formula is C27H47NO. The first-order chi connectivity index (χ1) is 13.8. The van der Waals surface area contributed by atoms with E-state index in [1.807, 2.05) is 0 Å². The smallest absolute Gasteiger partial charge is 0.0543 e. The summed E-state index contributed by atoms with van der Waals surface area (Å²) in [4.78, 5) is 0. The van der Waals surface area contributed by atoms with Crippen LogP contribution >= 0.6 is 0 Å². The lowest BCUT2D eigenvalue weighted by Crippen LogP contribution is -2.55. The topological polar surface area (TPSA) is 32.3 Å². The van der Waals surface area contributed by atoms with Crippen molar-refractivity contribution in [2.24, 2.45) is 52.3 Å². The Morgan fingerprint density at radius 2 is 1.62 bits per heavy atom. The molecule has 0 aromatic rings. The van der Waals surface area contributed by atoms with Crippen LogP contribution in [0, 0.1) is 52.3 Å². The molecule has 11 atom stereocenters. The van der Waals surface area contributed by atoms with Gasteiger partial charge in [-0.2, -0.15) is 0 Å². The summed E-state index contributed by atoms with van der Waals surface area (Å²) in [6.07, 6.45) is 15.0. The van der Waals surface area contributed by atoms with Gasteiger partial charge in [0.15, 0.2) is 0 Å². The highest BCUT2D eigenvalue weighted by Crippen LogP contribution is 2.68. The van der Waals surface area contributed by atoms with Crippen LogP contribution in [0.15, 0.2) is 0 Å². The zero-order valence-corrected chi connectivity index (χ0v) is 19.6. The molecule has 0 unspecified atom stereocenters. The Kier molecular flexibility index (Phi) is 5.38. The van der Waals surface area contributed by atoms with E-state index in [1.54, 1.807) is 0 Å². The summed E-state index contributed by atoms with van der Waals surface area (Å²) < 4.78 is 0. The molecule has 5 rings (SSSR count). The normalized spacial score (nSPS) is 56.2. The average molecular weight is 402 g/mol. The van der Waals surface area contributed by atoms with Gasteiger partial charge in [-0.3, -0.25) is 0 Å². The highest BCUT2D eigenvalue weighted by Gasteiger charge is 2.60. The van der Waals surface area contributed by atoms with Gasteiger partial charge in [0.25, 0.3) is 0 Å². The van der Waals surface area contributed by atoms with E-state index < -0.39 is 0 Å². The first-order valence-electron chi connectivity index (χ1n) is 13.2. The SMILES string of the molecule is C[C@@H]1CC[C@@H]([C@@H](C)[C@H]2CC[C@H]3[C@@H]4CC[C@H]5C[C@@H](O)CC[C@]5(C)[C@H]4CC[C@]23C)NC1. The van der Waals surface area contributed by atoms with Crippen molar-refractivity contribution < 1.29 is 5.11 Å². The lowest BCUT2D eigenvalue weighted by molar-refractivity contribution is -0.130. The molecule has 0 amide bonds. The minimum Gasteiger partial charge on any atom is -0.393 e. The Morgan fingerprint density at radius 3 is 2.38 bits per heavy atom. The molecule has 2 nitrogen and oxygen atoms in total. The standard InChI is InChI=1S/C27H47NO/c1-17-5-10-25(28-16-17)18(2)22-8-9-23-21-7-6-19-15-20(29)11-13-26(19,3)24(21)12-14-27(22,23)4/h17-25,28-29H,5-16H2,1-4H3/t17-,18+,19+,20+,21+,22-,23+,24+,25+,26+,27-/m1/s1. The lowest BCUT2D eigenvalue weighted by atomic mass is 9.44. The second kappa shape index (κ2) is 7.51. The largest absolute Gasteiger partial charge is 0.393 e. The maximum Gasteiger partial charge on any atom is 0.0543 e. The molecule has 166 valence electrons. The first-order valence-corrected chi connectivity index (χ1v) is 13.2. The molecule has 1 heterocycles. The Hall–Kier alpha value is -0.0800. The third-order valence-corrected chi connectivity index (χ3v) is 11.7. The van der Waals surface area contributed by atoms with Crippen molar-refractivity contribution in [1.82, 2.24) is 5.32 Å². The molecule has 0 aromatic heterocycles. The van der Waals surface area contributed by atoms with Crippen LogP contribution in [0.3, 0.4) is 0 Å². The zero-order valence-electron chi connectivity index (χ0n) is 19.6. The summed E-state index contributed by atoms with van der Waals surface area (Å²) in [5, 5.41) is 14.2. The number of rotatable bonds is 2. The molecule has 2 heteroatoms. The molecule has 0 spiro atoms. The average Bonchev–Trinajstić information content (AvgIpc) is 3.06. The van der Waals surface area contributed by atoms with E-state index in [2.05, 4.69) is 33.0 Å². The van der Waals surface area contributed by atoms with E-state index in [1.165, 1.54) is 64.3 Å². The number of aliphatic hydroxyl groups excluding tert-OH is 1. The minimum atomic E-state index is -0.0131. The second-order valence-electron chi connectivity index (χ2n) is 12.9. The molecule has 2 N–H and O–H groups in total. The van der Waals surface area contributed by atoms with Crippen molar-refractivity contribution in [2.45, 2.75) is 110 Å². The Balaban J connectivity index is 1.33. The fourth-order valence-corrected chi connectivity index (χ4v) is 9.89. The van der Waals surface area contributed by atoms with Crippen LogP contribution in [-0.2, 0) is 0 Å². The Labute approximate surface area is 180 Å². The molecule has 29 heavy (non-hydrogen) atoms. The summed E-state index contributed by atoms with van der Waals surface area (Å²) in [6, 6.07) is 0.762. The number of hydrogen-bond donors (Lipinski definition) is 2. The van der Waals surface area contributed by atoms with Gasteiger partial charge >= 0.3 is 0 Å². The monoisotopic (exact) mass is 401 g/mol. The molecule has 0 radical (unpaired) electrons. The third-order valence-electron chi connectivity index (χ3n) is 11.7. The highest BCUT2D eigenvalue weighted by atomic mass is 16.3. The third kappa shape index (κ3) is 3.25. The predicted molar refractivity (Wildman–Crippen MR) is 121 cm³/mol. The van der Waals surface area contributed by atoms with E-state index in [0.717, 1.165) is 60.3 Å². The maximum absolute atomic E-state index is 10.3. The van der Waals surface area contributed by atoms with Gasteiger partial charge in [-0.1, -0.05) is 27.7 Å². The molecule has 5 fully saturated rings. The quantitative estimate of drug-likeness (QED) is 0.592. The zero-order chi connectivity index (χ0) is 20.4. The molecule has 4 saturated carbocycles. The number of fused-ring (bicyclic) bond motifs is 5. The molecule has 0 bridgehead atoms. The Bertz CT molecular complexity index is 597. The van der Waals surface area contributed by atoms with Gasteiger partial charge in [0.2, 0.25) is 0 Å². The number of nitrogens with one attached hydrogen (secondary N) is 1. The van der Waals surface area contributed by atoms with Gasteiger partial charge in [-0.15, -0.1) is 0 Å². The Morgan fingerprint density at radius 1 is 0.862 bits per heavy atom. The van der Waals surface area contributed by atoms with Crippen LogP contribution in [0.5, 0.6) is 0 Å². The van der Waals surface area contributed by atoms with Gasteiger partial charge in [-0.05, 0) is 129 Å². The molecular weight excluding hydrogens is 354 g/mol. The molecule has 1 saturated heterocycles. The van der Waals surface area contributed by atoms with E-state index in [9.17, 15) is 5.11 Å². The van der Waals surface area contributed by atoms with Crippen LogP contribution < -0.4 is 5.32 Å². The maximum atomic E-state index is 10.3. The summed E-state index contributed by atoms with van der Waals surface area (Å²) in [7, 11) is 0. The second-order valence-corrected chi connectivity index (χ2v) is 12.9. The van der Waals surface area contributed by atoms with Crippen LogP contribution in [0.4, 0.5) is 0 Å².